The van der Waals surface area contributed by atoms with Crippen LogP contribution in [0.15, 0.2) is 24.3 Å². The zero-order valence-corrected chi connectivity index (χ0v) is 14.6. The summed E-state index contributed by atoms with van der Waals surface area (Å²) in [6.45, 7) is 11.0. The van der Waals surface area contributed by atoms with Crippen LogP contribution in [-0.4, -0.2) is 34.9 Å². The van der Waals surface area contributed by atoms with E-state index in [9.17, 15) is 5.11 Å². The summed E-state index contributed by atoms with van der Waals surface area (Å²) in [5.74, 6) is 1.86. The van der Waals surface area contributed by atoms with Gasteiger partial charge in [0, 0.05) is 17.0 Å². The number of thioether (sulfide) groups is 1. The molecule has 0 saturated heterocycles. The second kappa shape index (κ2) is 9.34. The molecule has 1 aromatic carbocycles. The molecule has 0 bridgehead atoms. The SMILES string of the molecule is CCNC(CSC(C)C(C)O)c1ccc(OC(C)C)cc1. The molecule has 0 spiro atoms. The molecule has 0 fully saturated rings. The molecule has 120 valence electrons. The fraction of sp³-hybridized carbons (Fsp3) is 0.647. The minimum absolute atomic E-state index is 0.197. The number of hydrogen-bond acceptors (Lipinski definition) is 4. The first-order valence-electron chi connectivity index (χ1n) is 7.73. The first kappa shape index (κ1) is 18.3. The van der Waals surface area contributed by atoms with Crippen molar-refractivity contribution in [2.24, 2.45) is 0 Å². The second-order valence-electron chi connectivity index (χ2n) is 5.62. The number of nitrogens with one attached hydrogen (secondary N) is 1. The number of aliphatic hydroxyl groups excluding tert-OH is 1. The normalized spacial score (nSPS) is 15.8. The lowest BCUT2D eigenvalue weighted by molar-refractivity contribution is 0.196. The third-order valence-electron chi connectivity index (χ3n) is 3.31. The molecule has 1 aromatic rings. The molecule has 0 saturated carbocycles. The third kappa shape index (κ3) is 6.72. The van der Waals surface area contributed by atoms with Crippen molar-refractivity contribution in [2.45, 2.75) is 58.1 Å². The van der Waals surface area contributed by atoms with E-state index in [1.165, 1.54) is 5.56 Å². The van der Waals surface area contributed by atoms with E-state index < -0.39 is 0 Å². The molecule has 1 rings (SSSR count). The Kier molecular flexibility index (Phi) is 8.15. The lowest BCUT2D eigenvalue weighted by Crippen LogP contribution is -2.25. The lowest BCUT2D eigenvalue weighted by atomic mass is 10.1. The molecule has 2 N–H and O–H groups in total. The summed E-state index contributed by atoms with van der Waals surface area (Å²) in [6, 6.07) is 8.61. The molecule has 0 heterocycles. The Morgan fingerprint density at radius 3 is 2.24 bits per heavy atom. The van der Waals surface area contributed by atoms with Crippen molar-refractivity contribution in [1.29, 1.82) is 0 Å². The van der Waals surface area contributed by atoms with E-state index in [2.05, 4.69) is 31.3 Å². The summed E-state index contributed by atoms with van der Waals surface area (Å²) in [4.78, 5) is 0. The van der Waals surface area contributed by atoms with Crippen molar-refractivity contribution in [2.75, 3.05) is 12.3 Å². The maximum absolute atomic E-state index is 9.60. The maximum atomic E-state index is 9.60. The van der Waals surface area contributed by atoms with E-state index in [-0.39, 0.29) is 17.5 Å². The summed E-state index contributed by atoms with van der Waals surface area (Å²) in [7, 11) is 0. The van der Waals surface area contributed by atoms with E-state index in [4.69, 9.17) is 4.74 Å². The largest absolute Gasteiger partial charge is 0.491 e. The topological polar surface area (TPSA) is 41.5 Å². The van der Waals surface area contributed by atoms with Gasteiger partial charge in [-0.05, 0) is 45.0 Å². The molecule has 0 aliphatic rings. The number of rotatable bonds is 9. The van der Waals surface area contributed by atoms with E-state index >= 15 is 0 Å². The Hall–Kier alpha value is -0.710. The highest BCUT2D eigenvalue weighted by Gasteiger charge is 2.15. The number of hydrogen-bond donors (Lipinski definition) is 2. The van der Waals surface area contributed by atoms with Crippen molar-refractivity contribution in [3.8, 4) is 5.75 Å². The van der Waals surface area contributed by atoms with Crippen molar-refractivity contribution in [1.82, 2.24) is 5.32 Å². The average Bonchev–Trinajstić information content (AvgIpc) is 2.43. The van der Waals surface area contributed by atoms with Gasteiger partial charge in [0.15, 0.2) is 0 Å². The van der Waals surface area contributed by atoms with Crippen LogP contribution < -0.4 is 10.1 Å². The van der Waals surface area contributed by atoms with E-state index in [0.29, 0.717) is 6.04 Å². The zero-order chi connectivity index (χ0) is 15.8. The van der Waals surface area contributed by atoms with Gasteiger partial charge in [-0.1, -0.05) is 26.0 Å². The van der Waals surface area contributed by atoms with Gasteiger partial charge in [0.2, 0.25) is 0 Å². The molecule has 21 heavy (non-hydrogen) atoms. The minimum Gasteiger partial charge on any atom is -0.491 e. The molecule has 3 unspecified atom stereocenters. The number of aliphatic hydroxyl groups is 1. The van der Waals surface area contributed by atoms with Crippen LogP contribution in [0.2, 0.25) is 0 Å². The molecule has 0 aliphatic heterocycles. The highest BCUT2D eigenvalue weighted by Crippen LogP contribution is 2.25. The van der Waals surface area contributed by atoms with Gasteiger partial charge in [0.25, 0.3) is 0 Å². The number of ether oxygens (including phenoxy) is 1. The first-order valence-corrected chi connectivity index (χ1v) is 8.78. The van der Waals surface area contributed by atoms with E-state index in [1.807, 2.05) is 32.9 Å². The first-order chi connectivity index (χ1) is 9.93. The molecular weight excluding hydrogens is 282 g/mol. The lowest BCUT2D eigenvalue weighted by Gasteiger charge is -2.22. The Bertz CT molecular complexity index is 392. The predicted octanol–water partition coefficient (Wildman–Crippen LogP) is 3.63. The van der Waals surface area contributed by atoms with Crippen LogP contribution in [-0.2, 0) is 0 Å². The Labute approximate surface area is 133 Å². The van der Waals surface area contributed by atoms with Crippen LogP contribution in [0, 0.1) is 0 Å². The van der Waals surface area contributed by atoms with Crippen LogP contribution in [0.1, 0.15) is 46.2 Å². The van der Waals surface area contributed by atoms with Crippen LogP contribution >= 0.6 is 11.8 Å². The zero-order valence-electron chi connectivity index (χ0n) is 13.8. The summed E-state index contributed by atoms with van der Waals surface area (Å²) < 4.78 is 5.68. The smallest absolute Gasteiger partial charge is 0.119 e. The van der Waals surface area contributed by atoms with Gasteiger partial charge in [-0.3, -0.25) is 0 Å². The molecular formula is C17H29NO2S. The van der Waals surface area contributed by atoms with Crippen molar-refractivity contribution >= 4 is 11.8 Å². The van der Waals surface area contributed by atoms with Gasteiger partial charge >= 0.3 is 0 Å². The van der Waals surface area contributed by atoms with Gasteiger partial charge in [-0.2, -0.15) is 11.8 Å². The second-order valence-corrected chi connectivity index (χ2v) is 7.04. The van der Waals surface area contributed by atoms with Crippen LogP contribution in [0.3, 0.4) is 0 Å². The summed E-state index contributed by atoms with van der Waals surface area (Å²) in [5, 5.41) is 13.4. The molecule has 4 heteroatoms. The Morgan fingerprint density at radius 1 is 1.14 bits per heavy atom. The van der Waals surface area contributed by atoms with Crippen molar-refractivity contribution in [3.63, 3.8) is 0 Å². The molecule has 0 radical (unpaired) electrons. The van der Waals surface area contributed by atoms with Crippen LogP contribution in [0.25, 0.3) is 0 Å². The molecule has 3 nitrogen and oxygen atoms in total. The molecule has 0 aliphatic carbocycles. The van der Waals surface area contributed by atoms with Gasteiger partial charge < -0.3 is 15.2 Å². The summed E-state index contributed by atoms with van der Waals surface area (Å²) >= 11 is 1.80. The fourth-order valence-corrected chi connectivity index (χ4v) is 3.04. The molecule has 0 aromatic heterocycles. The predicted molar refractivity (Wildman–Crippen MR) is 92.2 cm³/mol. The minimum atomic E-state index is -0.279. The summed E-state index contributed by atoms with van der Waals surface area (Å²) in [5.41, 5.74) is 1.26. The quantitative estimate of drug-likeness (QED) is 0.731. The Morgan fingerprint density at radius 2 is 1.76 bits per heavy atom. The fourth-order valence-electron chi connectivity index (χ4n) is 1.96. The highest BCUT2D eigenvalue weighted by molar-refractivity contribution is 7.99. The molecule has 0 amide bonds. The average molecular weight is 311 g/mol. The van der Waals surface area contributed by atoms with Gasteiger partial charge in [0.05, 0.1) is 12.2 Å². The Balaban J connectivity index is 2.66. The third-order valence-corrected chi connectivity index (χ3v) is 4.76. The molecule has 3 atom stereocenters. The number of benzene rings is 1. The standard InChI is InChI=1S/C17H29NO2S/c1-6-18-17(11-21-14(5)13(4)19)15-7-9-16(10-8-15)20-12(2)3/h7-10,12-14,17-19H,6,11H2,1-5H3. The van der Waals surface area contributed by atoms with Gasteiger partial charge in [-0.25, -0.2) is 0 Å². The summed E-state index contributed by atoms with van der Waals surface area (Å²) in [6.07, 6.45) is -0.0815. The van der Waals surface area contributed by atoms with Crippen molar-refractivity contribution in [3.05, 3.63) is 29.8 Å². The van der Waals surface area contributed by atoms with Crippen molar-refractivity contribution < 1.29 is 9.84 Å². The van der Waals surface area contributed by atoms with E-state index in [1.54, 1.807) is 11.8 Å². The monoisotopic (exact) mass is 311 g/mol. The van der Waals surface area contributed by atoms with E-state index in [0.717, 1.165) is 18.0 Å². The van der Waals surface area contributed by atoms with Crippen LogP contribution in [0.5, 0.6) is 5.75 Å². The maximum Gasteiger partial charge on any atom is 0.119 e. The van der Waals surface area contributed by atoms with Gasteiger partial charge in [0.1, 0.15) is 5.75 Å². The van der Waals surface area contributed by atoms with Gasteiger partial charge in [-0.15, -0.1) is 0 Å². The highest BCUT2D eigenvalue weighted by atomic mass is 32.2. The van der Waals surface area contributed by atoms with Crippen LogP contribution in [0.4, 0.5) is 0 Å².